The fourth-order valence-electron chi connectivity index (χ4n) is 1.40. The fourth-order valence-corrected chi connectivity index (χ4v) is 1.40. The Morgan fingerprint density at radius 3 is 2.55 bits per heavy atom. The van der Waals surface area contributed by atoms with Gasteiger partial charge in [-0.25, -0.2) is 9.78 Å². The fraction of sp³-hybridized carbons (Fsp3) is 0.571. The van der Waals surface area contributed by atoms with E-state index in [1.165, 1.54) is 0 Å². The van der Waals surface area contributed by atoms with Gasteiger partial charge in [0.05, 0.1) is 11.9 Å². The quantitative estimate of drug-likeness (QED) is 0.867. The van der Waals surface area contributed by atoms with Gasteiger partial charge in [0.2, 0.25) is 0 Å². The van der Waals surface area contributed by atoms with Crippen LogP contribution in [0, 0.1) is 0 Å². The van der Waals surface area contributed by atoms with E-state index in [9.17, 15) is 4.79 Å². The zero-order chi connectivity index (χ0) is 15.2. The van der Waals surface area contributed by atoms with Crippen molar-refractivity contribution in [3.8, 4) is 0 Å². The molecule has 0 aliphatic carbocycles. The minimum Gasteiger partial charge on any atom is -0.444 e. The molecular weight excluding hydrogens is 256 g/mol. The zero-order valence-electron chi connectivity index (χ0n) is 12.9. The standard InChI is InChI=1S/C14H24N4O2/c1-14(2,3)20-13(19)17-11-6-7-12(16-10-11)15-8-9-18(4)5/h6-7,10H,8-9H2,1-5H3,(H,15,16)(H,17,19). The SMILES string of the molecule is CN(C)CCNc1ccc(NC(=O)OC(C)(C)C)cn1. The topological polar surface area (TPSA) is 66.5 Å². The van der Waals surface area contributed by atoms with E-state index >= 15 is 0 Å². The number of hydrogen-bond donors (Lipinski definition) is 2. The molecule has 112 valence electrons. The van der Waals surface area contributed by atoms with Gasteiger partial charge in [0.25, 0.3) is 0 Å². The molecule has 0 bridgehead atoms. The monoisotopic (exact) mass is 280 g/mol. The second kappa shape index (κ2) is 7.09. The van der Waals surface area contributed by atoms with Crippen LogP contribution in [-0.2, 0) is 4.74 Å². The predicted octanol–water partition coefficient (Wildman–Crippen LogP) is 2.40. The maximum atomic E-state index is 11.6. The number of nitrogens with zero attached hydrogens (tertiary/aromatic N) is 2. The van der Waals surface area contributed by atoms with E-state index in [-0.39, 0.29) is 0 Å². The van der Waals surface area contributed by atoms with E-state index < -0.39 is 11.7 Å². The molecule has 0 saturated heterocycles. The lowest BCUT2D eigenvalue weighted by atomic mass is 10.2. The van der Waals surface area contributed by atoms with Gasteiger partial charge >= 0.3 is 6.09 Å². The van der Waals surface area contributed by atoms with Gasteiger partial charge in [0, 0.05) is 13.1 Å². The average Bonchev–Trinajstić information content (AvgIpc) is 2.28. The van der Waals surface area contributed by atoms with E-state index in [0.29, 0.717) is 5.69 Å². The van der Waals surface area contributed by atoms with E-state index in [1.807, 2.05) is 40.9 Å². The normalized spacial score (nSPS) is 11.3. The number of nitrogens with one attached hydrogen (secondary N) is 2. The summed E-state index contributed by atoms with van der Waals surface area (Å²) in [5.41, 5.74) is 0.1000. The summed E-state index contributed by atoms with van der Waals surface area (Å²) in [7, 11) is 4.03. The maximum absolute atomic E-state index is 11.6. The molecule has 20 heavy (non-hydrogen) atoms. The predicted molar refractivity (Wildman–Crippen MR) is 81.1 cm³/mol. The van der Waals surface area contributed by atoms with Gasteiger partial charge in [-0.1, -0.05) is 0 Å². The van der Waals surface area contributed by atoms with Crippen molar-refractivity contribution in [3.63, 3.8) is 0 Å². The Hall–Kier alpha value is -1.82. The van der Waals surface area contributed by atoms with Crippen molar-refractivity contribution in [2.24, 2.45) is 0 Å². The number of rotatable bonds is 5. The average molecular weight is 280 g/mol. The molecule has 0 saturated carbocycles. The molecule has 0 aromatic carbocycles. The molecule has 0 fully saturated rings. The Morgan fingerprint density at radius 2 is 2.05 bits per heavy atom. The summed E-state index contributed by atoms with van der Waals surface area (Å²) in [5.74, 6) is 0.779. The highest BCUT2D eigenvalue weighted by Gasteiger charge is 2.16. The van der Waals surface area contributed by atoms with E-state index in [0.717, 1.165) is 18.9 Å². The van der Waals surface area contributed by atoms with Crippen LogP contribution in [-0.4, -0.2) is 48.8 Å². The molecule has 0 aliphatic heterocycles. The third-order valence-electron chi connectivity index (χ3n) is 2.27. The van der Waals surface area contributed by atoms with Gasteiger partial charge in [-0.15, -0.1) is 0 Å². The largest absolute Gasteiger partial charge is 0.444 e. The number of anilines is 2. The lowest BCUT2D eigenvalue weighted by molar-refractivity contribution is 0.0636. The van der Waals surface area contributed by atoms with Crippen LogP contribution in [0.5, 0.6) is 0 Å². The molecule has 0 unspecified atom stereocenters. The first-order valence-corrected chi connectivity index (χ1v) is 6.61. The molecule has 1 aromatic heterocycles. The Kier molecular flexibility index (Phi) is 5.76. The molecule has 6 heteroatoms. The summed E-state index contributed by atoms with van der Waals surface area (Å²) in [6, 6.07) is 3.61. The number of pyridine rings is 1. The third kappa shape index (κ3) is 6.94. The van der Waals surface area contributed by atoms with Crippen molar-refractivity contribution in [1.29, 1.82) is 0 Å². The first kappa shape index (κ1) is 16.2. The first-order chi connectivity index (χ1) is 9.26. The van der Waals surface area contributed by atoms with Crippen LogP contribution in [0.2, 0.25) is 0 Å². The Balaban J connectivity index is 2.44. The molecule has 0 radical (unpaired) electrons. The second-order valence-corrected chi connectivity index (χ2v) is 5.79. The van der Waals surface area contributed by atoms with Crippen LogP contribution in [0.15, 0.2) is 18.3 Å². The zero-order valence-corrected chi connectivity index (χ0v) is 12.9. The molecular formula is C14H24N4O2. The van der Waals surface area contributed by atoms with Crippen LogP contribution in [0.3, 0.4) is 0 Å². The van der Waals surface area contributed by atoms with Gasteiger partial charge in [-0.2, -0.15) is 0 Å². The molecule has 1 heterocycles. The number of likely N-dealkylation sites (N-methyl/N-ethyl adjacent to an activating group) is 1. The van der Waals surface area contributed by atoms with Crippen LogP contribution >= 0.6 is 0 Å². The van der Waals surface area contributed by atoms with Gasteiger partial charge in [0.1, 0.15) is 11.4 Å². The molecule has 1 amide bonds. The number of ether oxygens (including phenoxy) is 1. The summed E-state index contributed by atoms with van der Waals surface area (Å²) in [6.45, 7) is 7.21. The van der Waals surface area contributed by atoms with Crippen molar-refractivity contribution in [3.05, 3.63) is 18.3 Å². The van der Waals surface area contributed by atoms with Crippen molar-refractivity contribution >= 4 is 17.6 Å². The lowest BCUT2D eigenvalue weighted by Crippen LogP contribution is -2.27. The highest BCUT2D eigenvalue weighted by molar-refractivity contribution is 5.84. The van der Waals surface area contributed by atoms with Crippen LogP contribution in [0.25, 0.3) is 0 Å². The highest BCUT2D eigenvalue weighted by Crippen LogP contribution is 2.12. The summed E-state index contributed by atoms with van der Waals surface area (Å²) in [6.07, 6.45) is 1.12. The maximum Gasteiger partial charge on any atom is 0.412 e. The minimum absolute atomic E-state index is 0.479. The third-order valence-corrected chi connectivity index (χ3v) is 2.27. The number of hydrogen-bond acceptors (Lipinski definition) is 5. The molecule has 2 N–H and O–H groups in total. The Morgan fingerprint density at radius 1 is 1.35 bits per heavy atom. The van der Waals surface area contributed by atoms with Crippen molar-refractivity contribution in [2.45, 2.75) is 26.4 Å². The summed E-state index contributed by atoms with van der Waals surface area (Å²) < 4.78 is 5.16. The molecule has 6 nitrogen and oxygen atoms in total. The second-order valence-electron chi connectivity index (χ2n) is 5.79. The molecule has 0 aliphatic rings. The van der Waals surface area contributed by atoms with Crippen molar-refractivity contribution < 1.29 is 9.53 Å². The number of amides is 1. The van der Waals surface area contributed by atoms with Crippen LogP contribution in [0.4, 0.5) is 16.3 Å². The molecule has 0 atom stereocenters. The van der Waals surface area contributed by atoms with Crippen molar-refractivity contribution in [1.82, 2.24) is 9.88 Å². The van der Waals surface area contributed by atoms with Crippen molar-refractivity contribution in [2.75, 3.05) is 37.8 Å². The van der Waals surface area contributed by atoms with E-state index in [4.69, 9.17) is 4.74 Å². The summed E-state index contributed by atoms with van der Waals surface area (Å²) in [5, 5.41) is 5.84. The molecule has 1 rings (SSSR count). The smallest absolute Gasteiger partial charge is 0.412 e. The number of aromatic nitrogens is 1. The lowest BCUT2D eigenvalue weighted by Gasteiger charge is -2.19. The minimum atomic E-state index is -0.509. The highest BCUT2D eigenvalue weighted by atomic mass is 16.6. The molecule has 0 spiro atoms. The van der Waals surface area contributed by atoms with E-state index in [1.54, 1.807) is 12.3 Å². The van der Waals surface area contributed by atoms with Gasteiger partial charge in [-0.05, 0) is 47.0 Å². The number of carbonyl (C=O) groups is 1. The van der Waals surface area contributed by atoms with Gasteiger partial charge in [-0.3, -0.25) is 5.32 Å². The van der Waals surface area contributed by atoms with Crippen LogP contribution < -0.4 is 10.6 Å². The van der Waals surface area contributed by atoms with Gasteiger partial charge < -0.3 is 15.0 Å². The molecule has 1 aromatic rings. The van der Waals surface area contributed by atoms with Gasteiger partial charge in [0.15, 0.2) is 0 Å². The first-order valence-electron chi connectivity index (χ1n) is 6.61. The number of carbonyl (C=O) groups excluding carboxylic acids is 1. The summed E-state index contributed by atoms with van der Waals surface area (Å²) >= 11 is 0. The Bertz CT molecular complexity index is 424. The van der Waals surface area contributed by atoms with Crippen LogP contribution in [0.1, 0.15) is 20.8 Å². The Labute approximate surface area is 120 Å². The van der Waals surface area contributed by atoms with E-state index in [2.05, 4.69) is 20.5 Å². The summed E-state index contributed by atoms with van der Waals surface area (Å²) in [4.78, 5) is 17.9.